The fourth-order valence-corrected chi connectivity index (χ4v) is 3.11. The zero-order valence-electron chi connectivity index (χ0n) is 10.4. The van der Waals surface area contributed by atoms with E-state index >= 15 is 0 Å². The van der Waals surface area contributed by atoms with E-state index in [9.17, 15) is 0 Å². The maximum absolute atomic E-state index is 4.30. The maximum atomic E-state index is 4.30. The fourth-order valence-electron chi connectivity index (χ4n) is 3.11. The molecule has 1 aromatic heterocycles. The van der Waals surface area contributed by atoms with Crippen molar-refractivity contribution in [1.29, 1.82) is 0 Å². The molecule has 0 radical (unpaired) electrons. The lowest BCUT2D eigenvalue weighted by molar-refractivity contribution is 0.298. The van der Waals surface area contributed by atoms with E-state index in [-0.39, 0.29) is 0 Å². The number of nitrogens with one attached hydrogen (secondary N) is 1. The molecule has 2 atom stereocenters. The van der Waals surface area contributed by atoms with Crippen molar-refractivity contribution in [3.8, 4) is 0 Å². The highest BCUT2D eigenvalue weighted by atomic mass is 14.9. The largest absolute Gasteiger partial charge is 0.310 e. The Hall–Kier alpha value is -1.15. The van der Waals surface area contributed by atoms with Crippen LogP contribution in [0.15, 0.2) is 24.5 Å². The van der Waals surface area contributed by atoms with Crippen molar-refractivity contribution in [2.24, 2.45) is 5.92 Å². The van der Waals surface area contributed by atoms with Crippen LogP contribution in [0.3, 0.4) is 0 Å². The lowest BCUT2D eigenvalue weighted by Gasteiger charge is -2.35. The number of piperidine rings is 1. The highest BCUT2D eigenvalue weighted by Crippen LogP contribution is 2.34. The van der Waals surface area contributed by atoms with Crippen LogP contribution in [-0.4, -0.2) is 17.6 Å². The Bertz CT molecular complexity index is 436. The Morgan fingerprint density at radius 2 is 2.24 bits per heavy atom. The fraction of sp³-hybridized carbons (Fsp3) is 0.533. The lowest BCUT2D eigenvalue weighted by atomic mass is 9.79. The van der Waals surface area contributed by atoms with Crippen molar-refractivity contribution in [3.63, 3.8) is 0 Å². The summed E-state index contributed by atoms with van der Waals surface area (Å²) in [7, 11) is 0. The van der Waals surface area contributed by atoms with Gasteiger partial charge in [-0.05, 0) is 67.8 Å². The number of aryl methyl sites for hydroxylation is 1. The van der Waals surface area contributed by atoms with Crippen LogP contribution in [0, 0.1) is 12.8 Å². The molecule has 1 fully saturated rings. The van der Waals surface area contributed by atoms with E-state index < -0.39 is 0 Å². The summed E-state index contributed by atoms with van der Waals surface area (Å²) in [6.45, 7) is 3.29. The molecular formula is C15H20N2. The normalized spacial score (nSPS) is 28.4. The van der Waals surface area contributed by atoms with Crippen molar-refractivity contribution in [2.75, 3.05) is 6.54 Å². The van der Waals surface area contributed by atoms with Crippen molar-refractivity contribution in [1.82, 2.24) is 10.3 Å². The first-order chi connectivity index (χ1) is 8.33. The second-order valence-electron chi connectivity index (χ2n) is 5.36. The summed E-state index contributed by atoms with van der Waals surface area (Å²) in [5.41, 5.74) is 4.05. The Labute approximate surface area is 103 Å². The molecule has 2 heteroatoms. The summed E-state index contributed by atoms with van der Waals surface area (Å²) in [4.78, 5) is 4.30. The quantitative estimate of drug-likeness (QED) is 0.799. The van der Waals surface area contributed by atoms with Crippen LogP contribution in [0.25, 0.3) is 5.57 Å². The molecule has 90 valence electrons. The van der Waals surface area contributed by atoms with E-state index in [0.29, 0.717) is 6.04 Å². The van der Waals surface area contributed by atoms with Crippen LogP contribution in [0.1, 0.15) is 36.8 Å². The number of pyridine rings is 1. The van der Waals surface area contributed by atoms with Gasteiger partial charge in [0.15, 0.2) is 0 Å². The molecule has 1 aromatic rings. The van der Waals surface area contributed by atoms with Gasteiger partial charge < -0.3 is 5.32 Å². The van der Waals surface area contributed by atoms with Crippen LogP contribution in [0.2, 0.25) is 0 Å². The molecule has 1 saturated heterocycles. The third-order valence-corrected chi connectivity index (χ3v) is 4.05. The smallest absolute Gasteiger partial charge is 0.0343 e. The molecule has 17 heavy (non-hydrogen) atoms. The van der Waals surface area contributed by atoms with Gasteiger partial charge in [-0.1, -0.05) is 6.08 Å². The van der Waals surface area contributed by atoms with Gasteiger partial charge in [-0.2, -0.15) is 0 Å². The Morgan fingerprint density at radius 1 is 1.29 bits per heavy atom. The highest BCUT2D eigenvalue weighted by Gasteiger charge is 2.27. The van der Waals surface area contributed by atoms with Gasteiger partial charge >= 0.3 is 0 Å². The summed E-state index contributed by atoms with van der Waals surface area (Å²) in [6, 6.07) is 2.86. The summed E-state index contributed by atoms with van der Waals surface area (Å²) < 4.78 is 0. The van der Waals surface area contributed by atoms with Crippen LogP contribution in [0.4, 0.5) is 0 Å². The van der Waals surface area contributed by atoms with Crippen LogP contribution in [-0.2, 0) is 0 Å². The van der Waals surface area contributed by atoms with Crippen molar-refractivity contribution < 1.29 is 0 Å². The molecule has 0 bridgehead atoms. The van der Waals surface area contributed by atoms with Crippen molar-refractivity contribution >= 4 is 5.57 Å². The maximum Gasteiger partial charge on any atom is 0.0343 e. The minimum Gasteiger partial charge on any atom is -0.310 e. The van der Waals surface area contributed by atoms with Gasteiger partial charge in [0.1, 0.15) is 0 Å². The van der Waals surface area contributed by atoms with Crippen molar-refractivity contribution in [3.05, 3.63) is 35.7 Å². The standard InChI is InChI=1S/C15H20N2/c1-11-7-14(10-16-9-11)13-5-4-12-3-2-6-17-15(12)8-13/h7-10,12,15,17H,2-6H2,1H3/t12-,15+/m0/s1. The number of nitrogens with zero attached hydrogens (tertiary/aromatic N) is 1. The zero-order chi connectivity index (χ0) is 11.7. The molecule has 1 aliphatic heterocycles. The molecule has 0 saturated carbocycles. The lowest BCUT2D eigenvalue weighted by Crippen LogP contribution is -2.41. The second kappa shape index (κ2) is 4.61. The van der Waals surface area contributed by atoms with Gasteiger partial charge in [-0.15, -0.1) is 0 Å². The van der Waals surface area contributed by atoms with Crippen LogP contribution < -0.4 is 5.32 Å². The van der Waals surface area contributed by atoms with Gasteiger partial charge in [0.25, 0.3) is 0 Å². The van der Waals surface area contributed by atoms with Crippen LogP contribution >= 0.6 is 0 Å². The summed E-state index contributed by atoms with van der Waals surface area (Å²) in [5.74, 6) is 0.866. The summed E-state index contributed by atoms with van der Waals surface area (Å²) >= 11 is 0. The molecule has 1 N–H and O–H groups in total. The molecule has 2 aliphatic rings. The Morgan fingerprint density at radius 3 is 3.12 bits per heavy atom. The zero-order valence-corrected chi connectivity index (χ0v) is 10.4. The van der Waals surface area contributed by atoms with E-state index in [1.807, 2.05) is 12.4 Å². The van der Waals surface area contributed by atoms with Gasteiger partial charge in [-0.3, -0.25) is 4.98 Å². The average molecular weight is 228 g/mol. The molecule has 0 amide bonds. The second-order valence-corrected chi connectivity index (χ2v) is 5.36. The molecule has 2 nitrogen and oxygen atoms in total. The predicted octanol–water partition coefficient (Wildman–Crippen LogP) is 2.94. The van der Waals surface area contributed by atoms with Crippen molar-refractivity contribution in [2.45, 2.75) is 38.6 Å². The predicted molar refractivity (Wildman–Crippen MR) is 70.7 cm³/mol. The number of hydrogen-bond donors (Lipinski definition) is 1. The Kier molecular flexibility index (Phi) is 2.98. The molecule has 2 heterocycles. The average Bonchev–Trinajstić information content (AvgIpc) is 2.38. The number of allylic oxidation sites excluding steroid dienone is 1. The summed E-state index contributed by atoms with van der Waals surface area (Å²) in [6.07, 6.45) is 11.7. The summed E-state index contributed by atoms with van der Waals surface area (Å²) in [5, 5.41) is 3.64. The van der Waals surface area contributed by atoms with E-state index in [1.54, 1.807) is 0 Å². The van der Waals surface area contributed by atoms with Gasteiger partial charge in [0, 0.05) is 18.4 Å². The molecule has 0 spiro atoms. The van der Waals surface area contributed by atoms with Crippen LogP contribution in [0.5, 0.6) is 0 Å². The molecule has 1 aliphatic carbocycles. The van der Waals surface area contributed by atoms with Gasteiger partial charge in [0.05, 0.1) is 0 Å². The topological polar surface area (TPSA) is 24.9 Å². The molecule has 0 unspecified atom stereocenters. The number of aromatic nitrogens is 1. The SMILES string of the molecule is Cc1cncc(C2=C[C@H]3NCCC[C@H]3CC2)c1. The first-order valence-electron chi connectivity index (χ1n) is 6.69. The van der Waals surface area contributed by atoms with E-state index in [2.05, 4.69) is 29.4 Å². The van der Waals surface area contributed by atoms with E-state index in [0.717, 1.165) is 5.92 Å². The molecule has 3 rings (SSSR count). The number of rotatable bonds is 1. The molecular weight excluding hydrogens is 208 g/mol. The number of hydrogen-bond acceptors (Lipinski definition) is 2. The van der Waals surface area contributed by atoms with Gasteiger partial charge in [-0.25, -0.2) is 0 Å². The minimum atomic E-state index is 0.605. The third kappa shape index (κ3) is 2.27. The third-order valence-electron chi connectivity index (χ3n) is 4.05. The highest BCUT2D eigenvalue weighted by molar-refractivity contribution is 5.66. The number of fused-ring (bicyclic) bond motifs is 1. The van der Waals surface area contributed by atoms with E-state index in [4.69, 9.17) is 0 Å². The van der Waals surface area contributed by atoms with Gasteiger partial charge in [0.2, 0.25) is 0 Å². The molecule has 0 aromatic carbocycles. The first kappa shape index (κ1) is 11.0. The van der Waals surface area contributed by atoms with E-state index in [1.165, 1.54) is 48.9 Å². The first-order valence-corrected chi connectivity index (χ1v) is 6.69. The minimum absolute atomic E-state index is 0.605. The Balaban J connectivity index is 1.86. The monoisotopic (exact) mass is 228 g/mol.